The lowest BCUT2D eigenvalue weighted by Gasteiger charge is -2.14. The number of benzene rings is 1. The van der Waals surface area contributed by atoms with E-state index in [0.29, 0.717) is 24.8 Å². The van der Waals surface area contributed by atoms with Gasteiger partial charge in [-0.05, 0) is 12.1 Å². The lowest BCUT2D eigenvalue weighted by atomic mass is 10.2. The molecular formula is C15H26IN3O4S. The quantitative estimate of drug-likeness (QED) is 0.339. The highest BCUT2D eigenvalue weighted by molar-refractivity contribution is 14.0. The summed E-state index contributed by atoms with van der Waals surface area (Å²) < 4.78 is 33.4. The Bertz CT molecular complexity index is 636. The van der Waals surface area contributed by atoms with Crippen LogP contribution in [0.1, 0.15) is 12.5 Å². The second kappa shape index (κ2) is 11.3. The van der Waals surface area contributed by atoms with Gasteiger partial charge in [-0.15, -0.1) is 24.0 Å². The molecule has 0 saturated heterocycles. The summed E-state index contributed by atoms with van der Waals surface area (Å²) >= 11 is 0. The van der Waals surface area contributed by atoms with Gasteiger partial charge in [0.2, 0.25) is 0 Å². The minimum Gasteiger partial charge on any atom is -0.497 e. The van der Waals surface area contributed by atoms with E-state index in [1.54, 1.807) is 34.3 Å². The van der Waals surface area contributed by atoms with Crippen LogP contribution in [0, 0.1) is 0 Å². The van der Waals surface area contributed by atoms with Crippen LogP contribution in [0.5, 0.6) is 11.5 Å². The maximum atomic E-state index is 11.5. The summed E-state index contributed by atoms with van der Waals surface area (Å²) in [6.45, 7) is 2.45. The summed E-state index contributed by atoms with van der Waals surface area (Å²) in [6.07, 6.45) is 0. The van der Waals surface area contributed by atoms with E-state index in [1.807, 2.05) is 12.1 Å². The number of sulfone groups is 1. The Balaban J connectivity index is 0.00000529. The van der Waals surface area contributed by atoms with E-state index < -0.39 is 9.84 Å². The van der Waals surface area contributed by atoms with Crippen molar-refractivity contribution in [3.05, 3.63) is 23.8 Å². The van der Waals surface area contributed by atoms with Gasteiger partial charge in [-0.3, -0.25) is 4.99 Å². The van der Waals surface area contributed by atoms with Crippen LogP contribution in [0.3, 0.4) is 0 Å². The first-order valence-corrected chi connectivity index (χ1v) is 9.13. The molecule has 0 heterocycles. The first-order valence-electron chi connectivity index (χ1n) is 7.31. The van der Waals surface area contributed by atoms with Crippen LogP contribution in [0.4, 0.5) is 0 Å². The molecule has 0 aromatic heterocycles. The maximum Gasteiger partial charge on any atom is 0.191 e. The average molecular weight is 471 g/mol. The molecule has 0 atom stereocenters. The molecule has 1 rings (SSSR count). The molecule has 24 heavy (non-hydrogen) atoms. The third-order valence-electron chi connectivity index (χ3n) is 3.31. The van der Waals surface area contributed by atoms with Crippen LogP contribution in [-0.4, -0.2) is 53.7 Å². The zero-order valence-electron chi connectivity index (χ0n) is 14.5. The van der Waals surface area contributed by atoms with Crippen LogP contribution >= 0.6 is 24.0 Å². The summed E-state index contributed by atoms with van der Waals surface area (Å²) in [4.78, 5) is 4.07. The highest BCUT2D eigenvalue weighted by Gasteiger charge is 2.09. The fourth-order valence-electron chi connectivity index (χ4n) is 1.87. The number of rotatable bonds is 8. The van der Waals surface area contributed by atoms with Crippen molar-refractivity contribution in [2.75, 3.05) is 39.3 Å². The zero-order chi connectivity index (χ0) is 17.3. The largest absolute Gasteiger partial charge is 0.497 e. The van der Waals surface area contributed by atoms with Crippen LogP contribution in [0.15, 0.2) is 23.2 Å². The van der Waals surface area contributed by atoms with Gasteiger partial charge in [0.25, 0.3) is 0 Å². The molecule has 0 amide bonds. The van der Waals surface area contributed by atoms with E-state index in [4.69, 9.17) is 9.47 Å². The number of hydrogen-bond acceptors (Lipinski definition) is 5. The Morgan fingerprint density at radius 1 is 1.21 bits per heavy atom. The molecule has 0 bridgehead atoms. The number of halogens is 1. The van der Waals surface area contributed by atoms with Crippen molar-refractivity contribution in [1.29, 1.82) is 0 Å². The van der Waals surface area contributed by atoms with Gasteiger partial charge in [-0.2, -0.15) is 0 Å². The Kier molecular flexibility index (Phi) is 10.8. The summed E-state index contributed by atoms with van der Waals surface area (Å²) in [6, 6.07) is 5.56. The third kappa shape index (κ3) is 7.56. The van der Waals surface area contributed by atoms with Crippen molar-refractivity contribution in [2.24, 2.45) is 4.99 Å². The topological polar surface area (TPSA) is 89.0 Å². The molecule has 138 valence electrons. The second-order valence-electron chi connectivity index (χ2n) is 4.77. The number of hydrogen-bond donors (Lipinski definition) is 2. The van der Waals surface area contributed by atoms with Crippen molar-refractivity contribution in [1.82, 2.24) is 10.6 Å². The minimum absolute atomic E-state index is 0. The molecule has 0 unspecified atom stereocenters. The van der Waals surface area contributed by atoms with Gasteiger partial charge in [-0.1, -0.05) is 6.92 Å². The standard InChI is InChI=1S/C15H25N3O4S.HI/c1-5-23(19,20)9-8-17-15(16-2)18-11-12-6-7-13(21-3)10-14(12)22-4;/h6-7,10H,5,8-9,11H2,1-4H3,(H2,16,17,18);1H. The molecule has 0 aliphatic heterocycles. The molecule has 2 N–H and O–H groups in total. The first-order chi connectivity index (χ1) is 11.0. The molecule has 1 aromatic rings. The van der Waals surface area contributed by atoms with Gasteiger partial charge in [0.1, 0.15) is 11.5 Å². The summed E-state index contributed by atoms with van der Waals surface area (Å²) in [5.74, 6) is 2.19. The maximum absolute atomic E-state index is 11.5. The van der Waals surface area contributed by atoms with Gasteiger partial charge in [-0.25, -0.2) is 8.42 Å². The molecule has 9 heteroatoms. The molecule has 0 saturated carbocycles. The van der Waals surface area contributed by atoms with E-state index in [-0.39, 0.29) is 35.5 Å². The average Bonchev–Trinajstić information content (AvgIpc) is 2.57. The number of ether oxygens (including phenoxy) is 2. The lowest BCUT2D eigenvalue weighted by Crippen LogP contribution is -2.39. The molecule has 7 nitrogen and oxygen atoms in total. The summed E-state index contributed by atoms with van der Waals surface area (Å²) in [7, 11) is 1.84. The Labute approximate surface area is 161 Å². The Morgan fingerprint density at radius 3 is 2.46 bits per heavy atom. The van der Waals surface area contributed by atoms with Crippen molar-refractivity contribution >= 4 is 39.8 Å². The van der Waals surface area contributed by atoms with Gasteiger partial charge >= 0.3 is 0 Å². The lowest BCUT2D eigenvalue weighted by molar-refractivity contribution is 0.390. The van der Waals surface area contributed by atoms with Gasteiger partial charge in [0.05, 0.1) is 20.0 Å². The summed E-state index contributed by atoms with van der Waals surface area (Å²) in [5, 5.41) is 6.11. The highest BCUT2D eigenvalue weighted by atomic mass is 127. The second-order valence-corrected chi connectivity index (χ2v) is 7.24. The smallest absolute Gasteiger partial charge is 0.191 e. The zero-order valence-corrected chi connectivity index (χ0v) is 17.6. The minimum atomic E-state index is -2.99. The number of aliphatic imine (C=N–C) groups is 1. The third-order valence-corrected chi connectivity index (χ3v) is 5.02. The molecule has 0 spiro atoms. The number of methoxy groups -OCH3 is 2. The monoisotopic (exact) mass is 471 g/mol. The van der Waals surface area contributed by atoms with Crippen LogP contribution in [-0.2, 0) is 16.4 Å². The highest BCUT2D eigenvalue weighted by Crippen LogP contribution is 2.24. The van der Waals surface area contributed by atoms with E-state index >= 15 is 0 Å². The van der Waals surface area contributed by atoms with Crippen molar-refractivity contribution in [3.63, 3.8) is 0 Å². The van der Waals surface area contributed by atoms with E-state index in [0.717, 1.165) is 11.3 Å². The van der Waals surface area contributed by atoms with Gasteiger partial charge in [0.15, 0.2) is 15.8 Å². The van der Waals surface area contributed by atoms with Crippen LogP contribution < -0.4 is 20.1 Å². The SMILES string of the molecule is CCS(=O)(=O)CCNC(=NC)NCc1ccc(OC)cc1OC.I. The van der Waals surface area contributed by atoms with Crippen LogP contribution in [0.2, 0.25) is 0 Å². The van der Waals surface area contributed by atoms with Gasteiger partial charge < -0.3 is 20.1 Å². The Hall–Kier alpha value is -1.23. The fraction of sp³-hybridized carbons (Fsp3) is 0.533. The number of nitrogens with zero attached hydrogens (tertiary/aromatic N) is 1. The molecule has 1 aromatic carbocycles. The molecule has 0 aliphatic carbocycles. The molecular weight excluding hydrogens is 445 g/mol. The predicted molar refractivity (Wildman–Crippen MR) is 107 cm³/mol. The van der Waals surface area contributed by atoms with Crippen molar-refractivity contribution in [2.45, 2.75) is 13.5 Å². The van der Waals surface area contributed by atoms with E-state index in [9.17, 15) is 8.42 Å². The van der Waals surface area contributed by atoms with Crippen molar-refractivity contribution < 1.29 is 17.9 Å². The summed E-state index contributed by atoms with van der Waals surface area (Å²) in [5.41, 5.74) is 0.942. The number of guanidine groups is 1. The Morgan fingerprint density at radius 2 is 1.92 bits per heavy atom. The van der Waals surface area contributed by atoms with Crippen molar-refractivity contribution in [3.8, 4) is 11.5 Å². The molecule has 0 fully saturated rings. The number of nitrogens with one attached hydrogen (secondary N) is 2. The van der Waals surface area contributed by atoms with Gasteiger partial charge in [0, 0.05) is 37.5 Å². The normalized spacial score (nSPS) is 11.4. The molecule has 0 radical (unpaired) electrons. The van der Waals surface area contributed by atoms with E-state index in [1.165, 1.54) is 0 Å². The van der Waals surface area contributed by atoms with Crippen LogP contribution in [0.25, 0.3) is 0 Å². The van der Waals surface area contributed by atoms with E-state index in [2.05, 4.69) is 15.6 Å². The first kappa shape index (κ1) is 22.8. The predicted octanol–water partition coefficient (Wildman–Crippen LogP) is 1.42. The molecule has 0 aliphatic rings. The fourth-order valence-corrected chi connectivity index (χ4v) is 2.57.